The first-order valence-corrected chi connectivity index (χ1v) is 5.70. The Morgan fingerprint density at radius 3 is 2.54 bits per heavy atom. The zero-order valence-corrected chi connectivity index (χ0v) is 8.84. The zero-order chi connectivity index (χ0) is 9.52. The Bertz CT molecular complexity index is 123. The molecule has 1 aliphatic rings. The van der Waals surface area contributed by atoms with Crippen LogP contribution in [-0.2, 0) is 0 Å². The highest BCUT2D eigenvalue weighted by Crippen LogP contribution is 2.26. The van der Waals surface area contributed by atoms with Gasteiger partial charge in [0.15, 0.2) is 0 Å². The number of unbranched alkanes of at least 4 members (excludes halogenated alkanes) is 1. The Kier molecular flexibility index (Phi) is 5.40. The minimum Gasteiger partial charge on any atom is -0.395 e. The Labute approximate surface area is 81.9 Å². The standard InChI is InChI=1S/C11H23NO/c1-2-3-7-12(8-9-13)10-11-5-4-6-11/h11,13H,2-10H2,1H3. The predicted molar refractivity (Wildman–Crippen MR) is 55.8 cm³/mol. The van der Waals surface area contributed by atoms with Crippen molar-refractivity contribution in [1.29, 1.82) is 0 Å². The summed E-state index contributed by atoms with van der Waals surface area (Å²) in [5, 5.41) is 8.90. The van der Waals surface area contributed by atoms with Crippen LogP contribution in [0.15, 0.2) is 0 Å². The second-order valence-corrected chi connectivity index (χ2v) is 4.17. The number of hydrogen-bond donors (Lipinski definition) is 1. The molecule has 1 fully saturated rings. The van der Waals surface area contributed by atoms with Crippen LogP contribution in [0.2, 0.25) is 0 Å². The summed E-state index contributed by atoms with van der Waals surface area (Å²) >= 11 is 0. The SMILES string of the molecule is CCCCN(CCO)CC1CCC1. The molecule has 0 aromatic carbocycles. The summed E-state index contributed by atoms with van der Waals surface area (Å²) in [7, 11) is 0. The largest absolute Gasteiger partial charge is 0.395 e. The fourth-order valence-electron chi connectivity index (χ4n) is 1.86. The quantitative estimate of drug-likeness (QED) is 0.654. The summed E-state index contributed by atoms with van der Waals surface area (Å²) < 4.78 is 0. The molecule has 0 radical (unpaired) electrons. The lowest BCUT2D eigenvalue weighted by Crippen LogP contribution is -2.35. The molecule has 1 saturated carbocycles. The topological polar surface area (TPSA) is 23.5 Å². The van der Waals surface area contributed by atoms with Crippen LogP contribution in [0.5, 0.6) is 0 Å². The van der Waals surface area contributed by atoms with Gasteiger partial charge in [-0.2, -0.15) is 0 Å². The van der Waals surface area contributed by atoms with E-state index in [2.05, 4.69) is 11.8 Å². The molecule has 0 saturated heterocycles. The van der Waals surface area contributed by atoms with Crippen LogP contribution in [0.1, 0.15) is 39.0 Å². The lowest BCUT2D eigenvalue weighted by atomic mass is 9.85. The summed E-state index contributed by atoms with van der Waals surface area (Å²) in [6, 6.07) is 0. The van der Waals surface area contributed by atoms with Crippen molar-refractivity contribution in [2.24, 2.45) is 5.92 Å². The molecule has 78 valence electrons. The minimum atomic E-state index is 0.316. The van der Waals surface area contributed by atoms with E-state index < -0.39 is 0 Å². The fraction of sp³-hybridized carbons (Fsp3) is 1.00. The average Bonchev–Trinajstić information content (AvgIpc) is 2.07. The van der Waals surface area contributed by atoms with Crippen LogP contribution in [0.3, 0.4) is 0 Å². The van der Waals surface area contributed by atoms with Gasteiger partial charge in [-0.05, 0) is 31.7 Å². The molecule has 1 N–H and O–H groups in total. The molecule has 0 amide bonds. The molecule has 0 unspecified atom stereocenters. The third-order valence-electron chi connectivity index (χ3n) is 2.99. The van der Waals surface area contributed by atoms with Crippen LogP contribution in [0.4, 0.5) is 0 Å². The number of hydrogen-bond acceptors (Lipinski definition) is 2. The third kappa shape index (κ3) is 4.10. The van der Waals surface area contributed by atoms with Crippen molar-refractivity contribution < 1.29 is 5.11 Å². The van der Waals surface area contributed by atoms with Crippen molar-refractivity contribution in [1.82, 2.24) is 4.90 Å². The Hall–Kier alpha value is -0.0800. The third-order valence-corrected chi connectivity index (χ3v) is 2.99. The Balaban J connectivity index is 2.11. The second kappa shape index (κ2) is 6.39. The lowest BCUT2D eigenvalue weighted by molar-refractivity contribution is 0.144. The van der Waals surface area contributed by atoms with Gasteiger partial charge in [-0.3, -0.25) is 0 Å². The molecule has 0 atom stereocenters. The zero-order valence-electron chi connectivity index (χ0n) is 8.84. The first kappa shape index (κ1) is 11.0. The molecular weight excluding hydrogens is 162 g/mol. The maximum atomic E-state index is 8.90. The van der Waals surface area contributed by atoms with Gasteiger partial charge in [-0.15, -0.1) is 0 Å². The summed E-state index contributed by atoms with van der Waals surface area (Å²) in [6.45, 7) is 5.81. The second-order valence-electron chi connectivity index (χ2n) is 4.17. The van der Waals surface area contributed by atoms with Crippen molar-refractivity contribution in [3.63, 3.8) is 0 Å². The van der Waals surface area contributed by atoms with Crippen molar-refractivity contribution in [3.8, 4) is 0 Å². The van der Waals surface area contributed by atoms with Gasteiger partial charge >= 0.3 is 0 Å². The van der Waals surface area contributed by atoms with Crippen LogP contribution >= 0.6 is 0 Å². The van der Waals surface area contributed by atoms with Gasteiger partial charge in [0.25, 0.3) is 0 Å². The van der Waals surface area contributed by atoms with E-state index in [9.17, 15) is 0 Å². The molecule has 0 aliphatic heterocycles. The van der Waals surface area contributed by atoms with Crippen molar-refractivity contribution in [2.45, 2.75) is 39.0 Å². The van der Waals surface area contributed by atoms with Gasteiger partial charge in [0.1, 0.15) is 0 Å². The van der Waals surface area contributed by atoms with Crippen molar-refractivity contribution in [3.05, 3.63) is 0 Å². The normalized spacial score (nSPS) is 17.8. The van der Waals surface area contributed by atoms with Gasteiger partial charge in [-0.1, -0.05) is 19.8 Å². The van der Waals surface area contributed by atoms with Gasteiger partial charge in [0.2, 0.25) is 0 Å². The van der Waals surface area contributed by atoms with Crippen molar-refractivity contribution in [2.75, 3.05) is 26.2 Å². The van der Waals surface area contributed by atoms with Gasteiger partial charge in [0.05, 0.1) is 6.61 Å². The first-order chi connectivity index (χ1) is 6.36. The summed E-state index contributed by atoms with van der Waals surface area (Å²) in [5.41, 5.74) is 0. The van der Waals surface area contributed by atoms with E-state index in [4.69, 9.17) is 5.11 Å². The number of aliphatic hydroxyl groups excluding tert-OH is 1. The molecule has 1 rings (SSSR count). The predicted octanol–water partition coefficient (Wildman–Crippen LogP) is 1.88. The summed E-state index contributed by atoms with van der Waals surface area (Å²) in [4.78, 5) is 2.42. The molecule has 0 spiro atoms. The molecule has 0 aromatic heterocycles. The van der Waals surface area contributed by atoms with E-state index in [1.54, 1.807) is 0 Å². The van der Waals surface area contributed by atoms with Crippen LogP contribution in [-0.4, -0.2) is 36.2 Å². The molecule has 0 heterocycles. The van der Waals surface area contributed by atoms with E-state index in [-0.39, 0.29) is 0 Å². The van der Waals surface area contributed by atoms with E-state index >= 15 is 0 Å². The number of nitrogens with zero attached hydrogens (tertiary/aromatic N) is 1. The van der Waals surface area contributed by atoms with Crippen LogP contribution < -0.4 is 0 Å². The van der Waals surface area contributed by atoms with Crippen molar-refractivity contribution >= 4 is 0 Å². The monoisotopic (exact) mass is 185 g/mol. The molecule has 0 bridgehead atoms. The van der Waals surface area contributed by atoms with Gasteiger partial charge in [0, 0.05) is 13.1 Å². The molecule has 2 heteroatoms. The Morgan fingerprint density at radius 1 is 1.31 bits per heavy atom. The highest BCUT2D eigenvalue weighted by molar-refractivity contribution is 4.73. The summed E-state index contributed by atoms with van der Waals surface area (Å²) in [5.74, 6) is 0.934. The van der Waals surface area contributed by atoms with E-state index in [0.29, 0.717) is 6.61 Å². The molecule has 2 nitrogen and oxygen atoms in total. The highest BCUT2D eigenvalue weighted by Gasteiger charge is 2.19. The van der Waals surface area contributed by atoms with E-state index in [1.165, 1.54) is 45.2 Å². The average molecular weight is 185 g/mol. The van der Waals surface area contributed by atoms with E-state index in [1.807, 2.05) is 0 Å². The van der Waals surface area contributed by atoms with Gasteiger partial charge in [-0.25, -0.2) is 0 Å². The minimum absolute atomic E-state index is 0.316. The maximum absolute atomic E-state index is 8.90. The van der Waals surface area contributed by atoms with Crippen LogP contribution in [0, 0.1) is 5.92 Å². The molecule has 1 aliphatic carbocycles. The maximum Gasteiger partial charge on any atom is 0.0558 e. The summed E-state index contributed by atoms with van der Waals surface area (Å²) in [6.07, 6.45) is 6.77. The highest BCUT2D eigenvalue weighted by atomic mass is 16.3. The molecule has 13 heavy (non-hydrogen) atoms. The molecule has 0 aromatic rings. The first-order valence-electron chi connectivity index (χ1n) is 5.70. The Morgan fingerprint density at radius 2 is 2.08 bits per heavy atom. The lowest BCUT2D eigenvalue weighted by Gasteiger charge is -2.32. The molecular formula is C11H23NO. The fourth-order valence-corrected chi connectivity index (χ4v) is 1.86. The number of rotatable bonds is 7. The smallest absolute Gasteiger partial charge is 0.0558 e. The van der Waals surface area contributed by atoms with E-state index in [0.717, 1.165) is 12.5 Å². The number of aliphatic hydroxyl groups is 1. The van der Waals surface area contributed by atoms with Gasteiger partial charge < -0.3 is 10.0 Å². The van der Waals surface area contributed by atoms with Crippen LogP contribution in [0.25, 0.3) is 0 Å².